The first kappa shape index (κ1) is 18.4. The molecule has 0 aliphatic carbocycles. The second-order valence-electron chi connectivity index (χ2n) is 6.44. The number of rotatable bonds is 5. The van der Waals surface area contributed by atoms with E-state index in [0.717, 1.165) is 41.9 Å². The fraction of sp³-hybridized carbons (Fsp3) is 0.300. The predicted octanol–water partition coefficient (Wildman–Crippen LogP) is 3.58. The zero-order valence-corrected chi connectivity index (χ0v) is 16.3. The number of carbonyl (C=O) groups excluding carboxylic acids is 2. The van der Waals surface area contributed by atoms with Crippen molar-refractivity contribution < 1.29 is 14.3 Å². The standard InChI is InChI=1S/C20H20N4O3S/c1-2-27-13-8-9-14-17(12-13)28-20(22-14)23-18(25)15-6-5-7-16(21-15)19(26)24-10-3-4-11-24/h5-9,12H,2-4,10-11H2,1H3,(H,22,23,25). The maximum Gasteiger partial charge on any atom is 0.276 e. The number of ether oxygens (including phenoxy) is 1. The number of hydrogen-bond donors (Lipinski definition) is 1. The number of fused-ring (bicyclic) bond motifs is 1. The molecule has 0 atom stereocenters. The molecular formula is C20H20N4O3S. The highest BCUT2D eigenvalue weighted by atomic mass is 32.1. The number of aromatic nitrogens is 2. The van der Waals surface area contributed by atoms with Gasteiger partial charge in [0.25, 0.3) is 11.8 Å². The Bertz CT molecular complexity index is 1030. The van der Waals surface area contributed by atoms with E-state index in [4.69, 9.17) is 4.74 Å². The smallest absolute Gasteiger partial charge is 0.276 e. The highest BCUT2D eigenvalue weighted by Crippen LogP contribution is 2.29. The van der Waals surface area contributed by atoms with Gasteiger partial charge in [0.05, 0.1) is 16.8 Å². The predicted molar refractivity (Wildman–Crippen MR) is 108 cm³/mol. The van der Waals surface area contributed by atoms with Crippen molar-refractivity contribution in [1.82, 2.24) is 14.9 Å². The van der Waals surface area contributed by atoms with E-state index in [2.05, 4.69) is 15.3 Å². The fourth-order valence-electron chi connectivity index (χ4n) is 3.14. The summed E-state index contributed by atoms with van der Waals surface area (Å²) < 4.78 is 6.42. The molecule has 3 heterocycles. The molecule has 1 saturated heterocycles. The Morgan fingerprint density at radius 1 is 1.14 bits per heavy atom. The number of anilines is 1. The lowest BCUT2D eigenvalue weighted by atomic mass is 10.2. The van der Waals surface area contributed by atoms with Gasteiger partial charge in [-0.15, -0.1) is 0 Å². The SMILES string of the molecule is CCOc1ccc2nc(NC(=O)c3cccc(C(=O)N4CCCC4)n3)sc2c1. The zero-order chi connectivity index (χ0) is 19.5. The van der Waals surface area contributed by atoms with Gasteiger partial charge in [-0.25, -0.2) is 9.97 Å². The van der Waals surface area contributed by atoms with Crippen LogP contribution in [0.2, 0.25) is 0 Å². The first-order valence-corrected chi connectivity index (χ1v) is 10.1. The van der Waals surface area contributed by atoms with Gasteiger partial charge in [-0.2, -0.15) is 0 Å². The average Bonchev–Trinajstić information content (AvgIpc) is 3.37. The first-order valence-electron chi connectivity index (χ1n) is 9.25. The molecule has 0 radical (unpaired) electrons. The Labute approximate surface area is 166 Å². The third-order valence-electron chi connectivity index (χ3n) is 4.49. The number of hydrogen-bond acceptors (Lipinski definition) is 6. The van der Waals surface area contributed by atoms with Crippen LogP contribution in [0.5, 0.6) is 5.75 Å². The van der Waals surface area contributed by atoms with E-state index >= 15 is 0 Å². The fourth-order valence-corrected chi connectivity index (χ4v) is 4.03. The van der Waals surface area contributed by atoms with Gasteiger partial charge in [0, 0.05) is 13.1 Å². The number of likely N-dealkylation sites (tertiary alicyclic amines) is 1. The molecule has 2 amide bonds. The Hall–Kier alpha value is -3.00. The highest BCUT2D eigenvalue weighted by molar-refractivity contribution is 7.22. The minimum atomic E-state index is -0.389. The Balaban J connectivity index is 1.51. The first-order chi connectivity index (χ1) is 13.6. The summed E-state index contributed by atoms with van der Waals surface area (Å²) in [7, 11) is 0. The largest absolute Gasteiger partial charge is 0.494 e. The Morgan fingerprint density at radius 3 is 2.71 bits per heavy atom. The molecule has 1 N–H and O–H groups in total. The Kier molecular flexibility index (Phi) is 5.21. The second kappa shape index (κ2) is 7.93. The van der Waals surface area contributed by atoms with Crippen molar-refractivity contribution in [3.05, 3.63) is 47.8 Å². The number of pyridine rings is 1. The third kappa shape index (κ3) is 3.82. The molecule has 0 saturated carbocycles. The van der Waals surface area contributed by atoms with Crippen molar-refractivity contribution in [2.75, 3.05) is 25.0 Å². The van der Waals surface area contributed by atoms with Crippen molar-refractivity contribution in [2.45, 2.75) is 19.8 Å². The third-order valence-corrected chi connectivity index (χ3v) is 5.42. The van der Waals surface area contributed by atoms with Crippen LogP contribution in [-0.2, 0) is 0 Å². The summed E-state index contributed by atoms with van der Waals surface area (Å²) >= 11 is 1.37. The van der Waals surface area contributed by atoms with E-state index in [0.29, 0.717) is 17.4 Å². The van der Waals surface area contributed by atoms with E-state index in [-0.39, 0.29) is 17.5 Å². The summed E-state index contributed by atoms with van der Waals surface area (Å²) in [6, 6.07) is 10.5. The second-order valence-corrected chi connectivity index (χ2v) is 7.47. The molecule has 1 fully saturated rings. The number of thiazole rings is 1. The van der Waals surface area contributed by atoms with Crippen molar-refractivity contribution in [2.24, 2.45) is 0 Å². The van der Waals surface area contributed by atoms with E-state index < -0.39 is 0 Å². The van der Waals surface area contributed by atoms with Gasteiger partial charge < -0.3 is 9.64 Å². The molecule has 1 aromatic carbocycles. The van der Waals surface area contributed by atoms with E-state index in [9.17, 15) is 9.59 Å². The van der Waals surface area contributed by atoms with Gasteiger partial charge in [0.15, 0.2) is 5.13 Å². The maximum absolute atomic E-state index is 12.6. The summed E-state index contributed by atoms with van der Waals surface area (Å²) in [5, 5.41) is 3.25. The van der Waals surface area contributed by atoms with Crippen molar-refractivity contribution in [3.8, 4) is 5.75 Å². The number of nitrogens with one attached hydrogen (secondary N) is 1. The van der Waals surface area contributed by atoms with Crippen LogP contribution in [0.1, 0.15) is 40.7 Å². The van der Waals surface area contributed by atoms with Crippen molar-refractivity contribution in [1.29, 1.82) is 0 Å². The van der Waals surface area contributed by atoms with Gasteiger partial charge in [-0.1, -0.05) is 17.4 Å². The van der Waals surface area contributed by atoms with Crippen LogP contribution in [0.4, 0.5) is 5.13 Å². The molecular weight excluding hydrogens is 376 g/mol. The lowest BCUT2D eigenvalue weighted by Crippen LogP contribution is -2.29. The summed E-state index contributed by atoms with van der Waals surface area (Å²) in [4.78, 5) is 35.6. The maximum atomic E-state index is 12.6. The Morgan fingerprint density at radius 2 is 1.93 bits per heavy atom. The van der Waals surface area contributed by atoms with Crippen LogP contribution < -0.4 is 10.1 Å². The quantitative estimate of drug-likeness (QED) is 0.713. The van der Waals surface area contributed by atoms with Crippen molar-refractivity contribution >= 4 is 38.5 Å². The molecule has 0 bridgehead atoms. The minimum Gasteiger partial charge on any atom is -0.494 e. The van der Waals surface area contributed by atoms with Crippen LogP contribution in [0, 0.1) is 0 Å². The number of nitrogens with zero attached hydrogens (tertiary/aromatic N) is 3. The zero-order valence-electron chi connectivity index (χ0n) is 15.5. The lowest BCUT2D eigenvalue weighted by molar-refractivity contribution is 0.0787. The van der Waals surface area contributed by atoms with Crippen LogP contribution in [0.15, 0.2) is 36.4 Å². The van der Waals surface area contributed by atoms with Gasteiger partial charge in [-0.05, 0) is 50.1 Å². The average molecular weight is 396 g/mol. The number of amides is 2. The summed E-state index contributed by atoms with van der Waals surface area (Å²) in [5.41, 5.74) is 1.27. The summed E-state index contributed by atoms with van der Waals surface area (Å²) in [5.74, 6) is 0.252. The van der Waals surface area contributed by atoms with Crippen LogP contribution in [0.25, 0.3) is 10.2 Å². The molecule has 144 valence electrons. The molecule has 4 rings (SSSR count). The summed E-state index contributed by atoms with van der Waals surface area (Å²) in [6.45, 7) is 4.00. The molecule has 3 aromatic rings. The molecule has 1 aliphatic rings. The van der Waals surface area contributed by atoms with Crippen LogP contribution in [0.3, 0.4) is 0 Å². The van der Waals surface area contributed by atoms with Crippen LogP contribution >= 0.6 is 11.3 Å². The van der Waals surface area contributed by atoms with E-state index in [1.54, 1.807) is 23.1 Å². The van der Waals surface area contributed by atoms with Gasteiger partial charge >= 0.3 is 0 Å². The molecule has 1 aliphatic heterocycles. The normalized spacial score (nSPS) is 13.7. The van der Waals surface area contributed by atoms with Gasteiger partial charge in [-0.3, -0.25) is 14.9 Å². The molecule has 2 aromatic heterocycles. The summed E-state index contributed by atoms with van der Waals surface area (Å²) in [6.07, 6.45) is 2.02. The number of benzene rings is 1. The van der Waals surface area contributed by atoms with Gasteiger partial charge in [0.1, 0.15) is 17.1 Å². The highest BCUT2D eigenvalue weighted by Gasteiger charge is 2.21. The van der Waals surface area contributed by atoms with Gasteiger partial charge in [0.2, 0.25) is 0 Å². The monoisotopic (exact) mass is 396 g/mol. The molecule has 0 spiro atoms. The van der Waals surface area contributed by atoms with E-state index in [1.807, 2.05) is 25.1 Å². The van der Waals surface area contributed by atoms with Crippen molar-refractivity contribution in [3.63, 3.8) is 0 Å². The minimum absolute atomic E-state index is 0.129. The lowest BCUT2D eigenvalue weighted by Gasteiger charge is -2.14. The van der Waals surface area contributed by atoms with Crippen LogP contribution in [-0.4, -0.2) is 46.4 Å². The molecule has 7 nitrogen and oxygen atoms in total. The number of carbonyl (C=O) groups is 2. The molecule has 8 heteroatoms. The van der Waals surface area contributed by atoms with E-state index in [1.165, 1.54) is 11.3 Å². The molecule has 0 unspecified atom stereocenters. The molecule has 28 heavy (non-hydrogen) atoms. The topological polar surface area (TPSA) is 84.4 Å².